The fourth-order valence-corrected chi connectivity index (χ4v) is 2.09. The van der Waals surface area contributed by atoms with Crippen molar-refractivity contribution in [3.63, 3.8) is 0 Å². The van der Waals surface area contributed by atoms with Crippen LogP contribution in [0.4, 0.5) is 13.2 Å². The van der Waals surface area contributed by atoms with E-state index in [-0.39, 0.29) is 24.4 Å². The highest BCUT2D eigenvalue weighted by atomic mass is 79.9. The number of rotatable bonds is 5. The number of halogens is 4. The quantitative estimate of drug-likeness (QED) is 0.751. The predicted octanol–water partition coefficient (Wildman–Crippen LogP) is 3.22. The standard InChI is InChI=1S/C15H12BrF3N2O3/c16-12-6-5-11(24-12)14(23)21-8-7-20-13(22)9-1-3-10(4-2-9)15(17,18)19/h1-6H,7-8H2,(H,20,22)(H,21,23). The Kier molecular flexibility index (Phi) is 5.66. The van der Waals surface area contributed by atoms with E-state index in [2.05, 4.69) is 26.6 Å². The van der Waals surface area contributed by atoms with Crippen molar-refractivity contribution in [1.82, 2.24) is 10.6 Å². The Bertz CT molecular complexity index is 726. The number of amides is 2. The van der Waals surface area contributed by atoms with Crippen LogP contribution in [-0.4, -0.2) is 24.9 Å². The number of hydrogen-bond donors (Lipinski definition) is 2. The van der Waals surface area contributed by atoms with E-state index >= 15 is 0 Å². The number of carbonyl (C=O) groups is 2. The summed E-state index contributed by atoms with van der Waals surface area (Å²) in [5.41, 5.74) is -0.722. The van der Waals surface area contributed by atoms with Crippen molar-refractivity contribution in [3.8, 4) is 0 Å². The smallest absolute Gasteiger partial charge is 0.416 e. The Morgan fingerprint density at radius 3 is 2.04 bits per heavy atom. The molecular weight excluding hydrogens is 393 g/mol. The van der Waals surface area contributed by atoms with Gasteiger partial charge in [-0.15, -0.1) is 0 Å². The van der Waals surface area contributed by atoms with Crippen molar-refractivity contribution in [3.05, 3.63) is 58.0 Å². The molecule has 0 bridgehead atoms. The van der Waals surface area contributed by atoms with Crippen molar-refractivity contribution in [2.24, 2.45) is 0 Å². The average Bonchev–Trinajstić information content (AvgIpc) is 2.97. The molecular formula is C15H12BrF3N2O3. The lowest BCUT2D eigenvalue weighted by Gasteiger charge is -2.08. The first-order chi connectivity index (χ1) is 11.3. The molecule has 1 heterocycles. The lowest BCUT2D eigenvalue weighted by atomic mass is 10.1. The van der Waals surface area contributed by atoms with Gasteiger partial charge in [-0.05, 0) is 52.3 Å². The Labute approximate surface area is 143 Å². The summed E-state index contributed by atoms with van der Waals surface area (Å²) >= 11 is 3.07. The molecule has 9 heteroatoms. The third-order valence-corrected chi connectivity index (χ3v) is 3.39. The summed E-state index contributed by atoms with van der Waals surface area (Å²) in [5.74, 6) is -0.848. The molecule has 128 valence electrons. The summed E-state index contributed by atoms with van der Waals surface area (Å²) in [6.07, 6.45) is -4.44. The topological polar surface area (TPSA) is 71.3 Å². The fourth-order valence-electron chi connectivity index (χ4n) is 1.79. The fraction of sp³-hybridized carbons (Fsp3) is 0.200. The minimum atomic E-state index is -4.44. The van der Waals surface area contributed by atoms with E-state index in [0.29, 0.717) is 4.67 Å². The Morgan fingerprint density at radius 1 is 0.958 bits per heavy atom. The largest absolute Gasteiger partial charge is 0.444 e. The zero-order valence-corrected chi connectivity index (χ0v) is 13.7. The Balaban J connectivity index is 1.78. The van der Waals surface area contributed by atoms with Crippen molar-refractivity contribution in [2.45, 2.75) is 6.18 Å². The molecule has 5 nitrogen and oxygen atoms in total. The molecule has 1 aromatic heterocycles. The Hall–Kier alpha value is -2.29. The van der Waals surface area contributed by atoms with Gasteiger partial charge >= 0.3 is 6.18 Å². The normalized spacial score (nSPS) is 11.2. The molecule has 0 spiro atoms. The van der Waals surface area contributed by atoms with Gasteiger partial charge in [0.1, 0.15) is 0 Å². The van der Waals surface area contributed by atoms with E-state index in [4.69, 9.17) is 4.42 Å². The van der Waals surface area contributed by atoms with E-state index in [0.717, 1.165) is 24.3 Å². The average molecular weight is 405 g/mol. The van der Waals surface area contributed by atoms with Crippen LogP contribution in [0.1, 0.15) is 26.5 Å². The monoisotopic (exact) mass is 404 g/mol. The number of carbonyl (C=O) groups excluding carboxylic acids is 2. The number of nitrogens with one attached hydrogen (secondary N) is 2. The highest BCUT2D eigenvalue weighted by Crippen LogP contribution is 2.29. The second-order valence-corrected chi connectivity index (χ2v) is 5.47. The number of alkyl halides is 3. The van der Waals surface area contributed by atoms with Gasteiger partial charge < -0.3 is 15.1 Å². The van der Waals surface area contributed by atoms with Gasteiger partial charge in [-0.25, -0.2) is 0 Å². The first-order valence-electron chi connectivity index (χ1n) is 6.76. The van der Waals surface area contributed by atoms with Crippen LogP contribution < -0.4 is 10.6 Å². The molecule has 0 aliphatic heterocycles. The van der Waals surface area contributed by atoms with Gasteiger partial charge in [-0.1, -0.05) is 0 Å². The summed E-state index contributed by atoms with van der Waals surface area (Å²) in [4.78, 5) is 23.5. The molecule has 24 heavy (non-hydrogen) atoms. The number of hydrogen-bond acceptors (Lipinski definition) is 3. The van der Waals surface area contributed by atoms with E-state index in [9.17, 15) is 22.8 Å². The van der Waals surface area contributed by atoms with Gasteiger partial charge in [0.2, 0.25) is 0 Å². The lowest BCUT2D eigenvalue weighted by molar-refractivity contribution is -0.137. The highest BCUT2D eigenvalue weighted by molar-refractivity contribution is 9.10. The molecule has 0 aliphatic rings. The highest BCUT2D eigenvalue weighted by Gasteiger charge is 2.30. The third kappa shape index (κ3) is 4.85. The van der Waals surface area contributed by atoms with Crippen molar-refractivity contribution < 1.29 is 27.2 Å². The molecule has 2 N–H and O–H groups in total. The van der Waals surface area contributed by atoms with Gasteiger partial charge in [0.15, 0.2) is 10.4 Å². The maximum absolute atomic E-state index is 12.4. The zero-order valence-electron chi connectivity index (χ0n) is 12.1. The molecule has 0 saturated heterocycles. The molecule has 0 aliphatic carbocycles. The van der Waals surface area contributed by atoms with E-state index in [1.807, 2.05) is 0 Å². The van der Waals surface area contributed by atoms with Crippen molar-refractivity contribution >= 4 is 27.7 Å². The molecule has 0 saturated carbocycles. The molecule has 2 amide bonds. The van der Waals surface area contributed by atoms with Crippen LogP contribution >= 0.6 is 15.9 Å². The van der Waals surface area contributed by atoms with Gasteiger partial charge in [0.05, 0.1) is 5.56 Å². The first-order valence-corrected chi connectivity index (χ1v) is 7.55. The molecule has 2 aromatic rings. The maximum atomic E-state index is 12.4. The summed E-state index contributed by atoms with van der Waals surface area (Å²) in [7, 11) is 0. The predicted molar refractivity (Wildman–Crippen MR) is 82.5 cm³/mol. The Morgan fingerprint density at radius 2 is 1.54 bits per heavy atom. The zero-order chi connectivity index (χ0) is 17.7. The van der Waals surface area contributed by atoms with Crippen LogP contribution in [0.2, 0.25) is 0 Å². The van der Waals surface area contributed by atoms with E-state index in [1.165, 1.54) is 6.07 Å². The van der Waals surface area contributed by atoms with Gasteiger partial charge in [0, 0.05) is 18.7 Å². The van der Waals surface area contributed by atoms with Gasteiger partial charge in [-0.3, -0.25) is 9.59 Å². The maximum Gasteiger partial charge on any atom is 0.416 e. The van der Waals surface area contributed by atoms with Crippen molar-refractivity contribution in [1.29, 1.82) is 0 Å². The van der Waals surface area contributed by atoms with E-state index < -0.39 is 23.6 Å². The lowest BCUT2D eigenvalue weighted by Crippen LogP contribution is -2.34. The molecule has 1 aromatic carbocycles. The summed E-state index contributed by atoms with van der Waals surface area (Å²) < 4.78 is 42.8. The second-order valence-electron chi connectivity index (χ2n) is 4.69. The van der Waals surface area contributed by atoms with Crippen molar-refractivity contribution in [2.75, 3.05) is 13.1 Å². The van der Waals surface area contributed by atoms with Crippen LogP contribution in [0.3, 0.4) is 0 Å². The van der Waals surface area contributed by atoms with Crippen LogP contribution in [0.15, 0.2) is 45.5 Å². The summed E-state index contributed by atoms with van der Waals surface area (Å²) in [6.45, 7) is 0.261. The molecule has 0 fully saturated rings. The first kappa shape index (κ1) is 18.1. The minimum absolute atomic E-state index is 0.101. The second kappa shape index (κ2) is 7.52. The minimum Gasteiger partial charge on any atom is -0.444 e. The molecule has 0 atom stereocenters. The third-order valence-electron chi connectivity index (χ3n) is 2.97. The molecule has 0 unspecified atom stereocenters. The number of furan rings is 1. The number of benzene rings is 1. The van der Waals surface area contributed by atoms with E-state index in [1.54, 1.807) is 6.07 Å². The van der Waals surface area contributed by atoms with Crippen LogP contribution in [0.25, 0.3) is 0 Å². The molecule has 2 rings (SSSR count). The molecule has 0 radical (unpaired) electrons. The van der Waals surface area contributed by atoms with Crippen LogP contribution in [-0.2, 0) is 6.18 Å². The van der Waals surface area contributed by atoms with Crippen LogP contribution in [0.5, 0.6) is 0 Å². The van der Waals surface area contributed by atoms with Gasteiger partial charge in [0.25, 0.3) is 11.8 Å². The SMILES string of the molecule is O=C(NCCNC(=O)c1ccc(Br)o1)c1ccc(C(F)(F)F)cc1. The summed E-state index contributed by atoms with van der Waals surface area (Å²) in [5, 5.41) is 5.03. The van der Waals surface area contributed by atoms with Gasteiger partial charge in [-0.2, -0.15) is 13.2 Å². The van der Waals surface area contributed by atoms with Crippen LogP contribution in [0, 0.1) is 0 Å². The summed E-state index contributed by atoms with van der Waals surface area (Å²) in [6, 6.07) is 6.92.